The fourth-order valence-corrected chi connectivity index (χ4v) is 4.99. The second-order valence-corrected chi connectivity index (χ2v) is 11.3. The van der Waals surface area contributed by atoms with E-state index in [9.17, 15) is 14.7 Å². The number of urea groups is 1. The van der Waals surface area contributed by atoms with Crippen molar-refractivity contribution in [1.29, 1.82) is 0 Å². The molecule has 0 saturated carbocycles. The second-order valence-electron chi connectivity index (χ2n) is 10.3. The Morgan fingerprint density at radius 3 is 2.52 bits per heavy atom. The van der Waals surface area contributed by atoms with Gasteiger partial charge in [-0.05, 0) is 74.1 Å². The van der Waals surface area contributed by atoms with E-state index in [1.165, 1.54) is 0 Å². The summed E-state index contributed by atoms with van der Waals surface area (Å²) in [5.74, 6) is 0.513. The summed E-state index contributed by atoms with van der Waals surface area (Å²) in [6.07, 6.45) is 3.44. The van der Waals surface area contributed by atoms with Gasteiger partial charge in [-0.2, -0.15) is 0 Å². The summed E-state index contributed by atoms with van der Waals surface area (Å²) in [5.41, 5.74) is 3.03. The maximum absolute atomic E-state index is 13.4. The SMILES string of the molecule is CC(CO)N1C[C@@H](C)[C@H](CN(C)Cc2ccncc2)Oc2ccc(NC(=O)Nc3ccc(Br)cc3)cc2CC1=O. The van der Waals surface area contributed by atoms with Crippen molar-refractivity contribution in [3.8, 4) is 5.75 Å². The molecule has 40 heavy (non-hydrogen) atoms. The maximum Gasteiger partial charge on any atom is 0.323 e. The Hall–Kier alpha value is -3.47. The Morgan fingerprint density at radius 2 is 1.82 bits per heavy atom. The van der Waals surface area contributed by atoms with Gasteiger partial charge >= 0.3 is 6.03 Å². The number of fused-ring (bicyclic) bond motifs is 1. The molecule has 0 fully saturated rings. The second kappa shape index (κ2) is 13.7. The van der Waals surface area contributed by atoms with Gasteiger partial charge in [0, 0.05) is 59.4 Å². The number of amides is 3. The molecule has 3 aromatic rings. The van der Waals surface area contributed by atoms with E-state index in [-0.39, 0.29) is 37.0 Å². The molecule has 1 aliphatic rings. The van der Waals surface area contributed by atoms with Crippen LogP contribution >= 0.6 is 15.9 Å². The lowest BCUT2D eigenvalue weighted by Crippen LogP contribution is -2.47. The Kier molecular flexibility index (Phi) is 10.1. The molecule has 0 aliphatic carbocycles. The van der Waals surface area contributed by atoms with Crippen LogP contribution in [0.15, 0.2) is 71.5 Å². The minimum Gasteiger partial charge on any atom is -0.488 e. The van der Waals surface area contributed by atoms with Gasteiger partial charge in [0.25, 0.3) is 0 Å². The normalized spacial score (nSPS) is 18.1. The van der Waals surface area contributed by atoms with Gasteiger partial charge in [0.1, 0.15) is 11.9 Å². The summed E-state index contributed by atoms with van der Waals surface area (Å²) in [4.78, 5) is 34.1. The van der Waals surface area contributed by atoms with Crippen LogP contribution in [0.25, 0.3) is 0 Å². The highest BCUT2D eigenvalue weighted by molar-refractivity contribution is 9.10. The summed E-state index contributed by atoms with van der Waals surface area (Å²) in [7, 11) is 2.04. The van der Waals surface area contributed by atoms with Gasteiger partial charge in [-0.1, -0.05) is 22.9 Å². The van der Waals surface area contributed by atoms with Crippen LogP contribution in [0.5, 0.6) is 5.75 Å². The van der Waals surface area contributed by atoms with Gasteiger partial charge in [0.05, 0.1) is 19.1 Å². The molecular formula is C30H36BrN5O4. The smallest absolute Gasteiger partial charge is 0.323 e. The molecule has 1 unspecified atom stereocenters. The number of rotatable bonds is 8. The number of hydrogen-bond donors (Lipinski definition) is 3. The van der Waals surface area contributed by atoms with Crippen molar-refractivity contribution < 1.29 is 19.4 Å². The molecule has 2 heterocycles. The number of nitrogens with zero attached hydrogens (tertiary/aromatic N) is 3. The van der Waals surface area contributed by atoms with E-state index >= 15 is 0 Å². The number of hydrogen-bond acceptors (Lipinski definition) is 6. The Morgan fingerprint density at radius 1 is 1.15 bits per heavy atom. The number of carbonyl (C=O) groups excluding carboxylic acids is 2. The number of halogens is 1. The van der Waals surface area contributed by atoms with Crippen LogP contribution in [0.1, 0.15) is 25.0 Å². The zero-order valence-electron chi connectivity index (χ0n) is 23.0. The van der Waals surface area contributed by atoms with Crippen molar-refractivity contribution >= 4 is 39.2 Å². The minimum absolute atomic E-state index is 0.00159. The lowest BCUT2D eigenvalue weighted by atomic mass is 10.0. The minimum atomic E-state index is -0.391. The number of likely N-dealkylation sites (N-methyl/N-ethyl adjacent to an activating group) is 1. The molecule has 0 spiro atoms. The summed E-state index contributed by atoms with van der Waals surface area (Å²) in [6.45, 7) is 5.61. The number of carbonyl (C=O) groups is 2. The number of benzene rings is 2. The molecule has 1 aromatic heterocycles. The number of anilines is 2. The van der Waals surface area contributed by atoms with Crippen molar-refractivity contribution in [2.24, 2.45) is 5.92 Å². The molecule has 0 bridgehead atoms. The Bertz CT molecular complexity index is 1290. The van der Waals surface area contributed by atoms with Gasteiger partial charge in [-0.15, -0.1) is 0 Å². The lowest BCUT2D eigenvalue weighted by Gasteiger charge is -2.34. The fourth-order valence-electron chi connectivity index (χ4n) is 4.72. The largest absolute Gasteiger partial charge is 0.488 e. The van der Waals surface area contributed by atoms with Crippen molar-refractivity contribution in [3.63, 3.8) is 0 Å². The average molecular weight is 611 g/mol. The van der Waals surface area contributed by atoms with Crippen LogP contribution < -0.4 is 15.4 Å². The first-order chi connectivity index (χ1) is 19.2. The van der Waals surface area contributed by atoms with Gasteiger partial charge in [-0.3, -0.25) is 14.7 Å². The van der Waals surface area contributed by atoms with E-state index in [1.807, 2.05) is 44.3 Å². The predicted octanol–water partition coefficient (Wildman–Crippen LogP) is 4.77. The number of pyridine rings is 1. The number of aromatic nitrogens is 1. The summed E-state index contributed by atoms with van der Waals surface area (Å²) >= 11 is 3.39. The summed E-state index contributed by atoms with van der Waals surface area (Å²) < 4.78 is 7.50. The first kappa shape index (κ1) is 29.5. The number of nitrogens with one attached hydrogen (secondary N) is 2. The average Bonchev–Trinajstić information content (AvgIpc) is 2.97. The maximum atomic E-state index is 13.4. The molecule has 3 amide bonds. The Labute approximate surface area is 243 Å². The predicted molar refractivity (Wildman–Crippen MR) is 159 cm³/mol. The monoisotopic (exact) mass is 609 g/mol. The van der Waals surface area contributed by atoms with Crippen molar-refractivity contribution in [3.05, 3.63) is 82.6 Å². The molecule has 1 aliphatic heterocycles. The molecule has 3 N–H and O–H groups in total. The highest BCUT2D eigenvalue weighted by atomic mass is 79.9. The first-order valence-corrected chi connectivity index (χ1v) is 14.1. The van der Waals surface area contributed by atoms with Gasteiger partial charge < -0.3 is 25.4 Å². The van der Waals surface area contributed by atoms with Crippen LogP contribution in [0.2, 0.25) is 0 Å². The van der Waals surface area contributed by atoms with E-state index in [4.69, 9.17) is 4.74 Å². The van der Waals surface area contributed by atoms with E-state index < -0.39 is 6.03 Å². The number of aliphatic hydroxyl groups excluding tert-OH is 1. The number of aliphatic hydroxyl groups is 1. The molecule has 212 valence electrons. The third kappa shape index (κ3) is 8.03. The third-order valence-electron chi connectivity index (χ3n) is 6.97. The summed E-state index contributed by atoms with van der Waals surface area (Å²) in [5, 5.41) is 15.5. The molecule has 0 radical (unpaired) electrons. The zero-order valence-corrected chi connectivity index (χ0v) is 24.6. The van der Waals surface area contributed by atoms with E-state index in [0.29, 0.717) is 35.8 Å². The van der Waals surface area contributed by atoms with Crippen molar-refractivity contribution in [1.82, 2.24) is 14.8 Å². The Balaban J connectivity index is 1.55. The highest BCUT2D eigenvalue weighted by Gasteiger charge is 2.31. The molecule has 2 aromatic carbocycles. The first-order valence-electron chi connectivity index (χ1n) is 13.3. The van der Waals surface area contributed by atoms with Crippen LogP contribution in [-0.2, 0) is 17.8 Å². The van der Waals surface area contributed by atoms with Gasteiger partial charge in [0.15, 0.2) is 0 Å². The summed E-state index contributed by atoms with van der Waals surface area (Å²) in [6, 6.07) is 15.9. The van der Waals surface area contributed by atoms with Crippen molar-refractivity contribution in [2.45, 2.75) is 39.0 Å². The molecule has 0 saturated heterocycles. The lowest BCUT2D eigenvalue weighted by molar-refractivity contribution is -0.134. The van der Waals surface area contributed by atoms with Gasteiger partial charge in [0.2, 0.25) is 5.91 Å². The highest BCUT2D eigenvalue weighted by Crippen LogP contribution is 2.29. The van der Waals surface area contributed by atoms with E-state index in [1.54, 1.807) is 41.6 Å². The van der Waals surface area contributed by atoms with E-state index in [2.05, 4.69) is 43.4 Å². The topological polar surface area (TPSA) is 107 Å². The fraction of sp³-hybridized carbons (Fsp3) is 0.367. The quantitative estimate of drug-likeness (QED) is 0.340. The van der Waals surface area contributed by atoms with Crippen LogP contribution in [-0.4, -0.2) is 70.7 Å². The third-order valence-corrected chi connectivity index (χ3v) is 7.50. The molecule has 4 rings (SSSR count). The van der Waals surface area contributed by atoms with Crippen LogP contribution in [0.4, 0.5) is 16.2 Å². The van der Waals surface area contributed by atoms with E-state index in [0.717, 1.165) is 16.6 Å². The van der Waals surface area contributed by atoms with Crippen molar-refractivity contribution in [2.75, 3.05) is 37.4 Å². The van der Waals surface area contributed by atoms with Gasteiger partial charge in [-0.25, -0.2) is 4.79 Å². The molecule has 3 atom stereocenters. The standard InChI is InChI=1S/C30H36BrN5O4/c1-20-16-36(21(2)19-37)29(38)15-23-14-26(34-30(39)33-25-6-4-24(31)5-7-25)8-9-27(23)40-28(20)18-35(3)17-22-10-12-32-13-11-22/h4-14,20-21,28,37H,15-19H2,1-3H3,(H2,33,34,39)/t20-,21?,28+/m1/s1. The zero-order chi connectivity index (χ0) is 28.6. The molecular weight excluding hydrogens is 574 g/mol. The molecule has 9 nitrogen and oxygen atoms in total. The molecule has 10 heteroatoms. The van der Waals surface area contributed by atoms with Crippen LogP contribution in [0.3, 0.4) is 0 Å². The number of ether oxygens (including phenoxy) is 1. The van der Waals surface area contributed by atoms with Crippen LogP contribution in [0, 0.1) is 5.92 Å².